The third kappa shape index (κ3) is 4.45. The van der Waals surface area contributed by atoms with E-state index in [9.17, 15) is 27.1 Å². The minimum absolute atomic E-state index is 0.102. The minimum Gasteiger partial charge on any atom is -0.289 e. The lowest BCUT2D eigenvalue weighted by atomic mass is 9.95. The van der Waals surface area contributed by atoms with Crippen LogP contribution < -0.4 is 0 Å². The average molecular weight is 423 g/mol. The summed E-state index contributed by atoms with van der Waals surface area (Å²) in [5, 5.41) is 12.2. The Morgan fingerprint density at radius 2 is 1.43 bits per heavy atom. The van der Waals surface area contributed by atoms with Gasteiger partial charge in [0.25, 0.3) is 0 Å². The van der Waals surface area contributed by atoms with Crippen molar-refractivity contribution in [3.8, 4) is 16.9 Å². The Balaban J connectivity index is 1.90. The lowest BCUT2D eigenvalue weighted by molar-refractivity contribution is -0.140. The van der Waals surface area contributed by atoms with E-state index < -0.39 is 34.9 Å². The summed E-state index contributed by atoms with van der Waals surface area (Å²) < 4.78 is 81.0. The molecule has 7 heteroatoms. The number of halogens is 6. The zero-order chi connectivity index (χ0) is 22.1. The van der Waals surface area contributed by atoms with Gasteiger partial charge in [-0.1, -0.05) is 37.3 Å². The van der Waals surface area contributed by atoms with Crippen molar-refractivity contribution in [2.75, 3.05) is 0 Å². The molecule has 0 spiro atoms. The Hall–Kier alpha value is -2.96. The second kappa shape index (κ2) is 8.42. The van der Waals surface area contributed by atoms with Crippen LogP contribution in [0.5, 0.6) is 5.75 Å². The van der Waals surface area contributed by atoms with Crippen molar-refractivity contribution in [3.63, 3.8) is 0 Å². The SMILES string of the molecule is CCc1ccc(-c2c([O])cc(F)c(CCc3ccc(C(F)(F)F)c(F)c3)c2F)cc1. The van der Waals surface area contributed by atoms with Gasteiger partial charge in [-0.05, 0) is 48.1 Å². The summed E-state index contributed by atoms with van der Waals surface area (Å²) in [5.74, 6) is -4.32. The van der Waals surface area contributed by atoms with Gasteiger partial charge in [-0.2, -0.15) is 13.2 Å². The standard InChI is InChI=1S/C23H17F6O/c1-2-13-3-7-15(8-4-13)21-20(30)12-18(24)16(22(21)26)9-5-14-6-10-17(19(25)11-14)23(27,28)29/h3-4,6-8,10-12H,2,5,9H2,1H3. The Morgan fingerprint density at radius 3 is 2.00 bits per heavy atom. The van der Waals surface area contributed by atoms with Crippen LogP contribution in [0.4, 0.5) is 26.3 Å². The third-order valence-electron chi connectivity index (χ3n) is 4.93. The fraction of sp³-hybridized carbons (Fsp3) is 0.217. The van der Waals surface area contributed by atoms with Crippen LogP contribution in [0.15, 0.2) is 48.5 Å². The van der Waals surface area contributed by atoms with Crippen molar-refractivity contribution in [2.45, 2.75) is 32.4 Å². The molecule has 0 heterocycles. The monoisotopic (exact) mass is 423 g/mol. The van der Waals surface area contributed by atoms with Gasteiger partial charge in [-0.15, -0.1) is 0 Å². The minimum atomic E-state index is -4.83. The summed E-state index contributed by atoms with van der Waals surface area (Å²) in [6, 6.07) is 9.67. The summed E-state index contributed by atoms with van der Waals surface area (Å²) >= 11 is 0. The molecule has 0 atom stereocenters. The van der Waals surface area contributed by atoms with Crippen molar-refractivity contribution in [1.82, 2.24) is 0 Å². The van der Waals surface area contributed by atoms with Gasteiger partial charge in [0.1, 0.15) is 17.5 Å². The first-order valence-corrected chi connectivity index (χ1v) is 9.24. The van der Waals surface area contributed by atoms with Gasteiger partial charge in [-0.3, -0.25) is 5.11 Å². The van der Waals surface area contributed by atoms with Crippen molar-refractivity contribution >= 4 is 0 Å². The molecular formula is C23H17F6O. The molecule has 0 saturated heterocycles. The van der Waals surface area contributed by atoms with E-state index in [4.69, 9.17) is 0 Å². The van der Waals surface area contributed by atoms with Gasteiger partial charge in [0, 0.05) is 11.6 Å². The number of hydrogen-bond acceptors (Lipinski definition) is 0. The quantitative estimate of drug-likeness (QED) is 0.384. The molecule has 157 valence electrons. The number of benzene rings is 3. The van der Waals surface area contributed by atoms with Crippen LogP contribution in [0.3, 0.4) is 0 Å². The Kier molecular flexibility index (Phi) is 6.10. The summed E-state index contributed by atoms with van der Waals surface area (Å²) in [4.78, 5) is 0. The van der Waals surface area contributed by atoms with Crippen molar-refractivity contribution in [2.24, 2.45) is 0 Å². The molecule has 0 aliphatic rings. The van der Waals surface area contributed by atoms with E-state index in [2.05, 4.69) is 0 Å². The lowest BCUT2D eigenvalue weighted by Gasteiger charge is -2.12. The highest BCUT2D eigenvalue weighted by Crippen LogP contribution is 2.36. The van der Waals surface area contributed by atoms with E-state index in [1.54, 1.807) is 24.3 Å². The molecule has 3 aromatic carbocycles. The number of rotatable bonds is 5. The lowest BCUT2D eigenvalue weighted by Crippen LogP contribution is -2.08. The Bertz CT molecular complexity index is 1050. The predicted molar refractivity (Wildman–Crippen MR) is 100 cm³/mol. The molecule has 1 radical (unpaired) electrons. The van der Waals surface area contributed by atoms with E-state index in [1.165, 1.54) is 0 Å². The van der Waals surface area contributed by atoms with E-state index in [-0.39, 0.29) is 29.5 Å². The number of alkyl halides is 3. The Labute approximate surface area is 169 Å². The highest BCUT2D eigenvalue weighted by Gasteiger charge is 2.33. The maximum Gasteiger partial charge on any atom is 0.419 e. The van der Waals surface area contributed by atoms with Gasteiger partial charge in [0.05, 0.1) is 11.1 Å². The molecule has 0 fully saturated rings. The fourth-order valence-corrected chi connectivity index (χ4v) is 3.26. The number of aryl methyl sites for hydroxylation is 2. The van der Waals surface area contributed by atoms with Gasteiger partial charge in [0.2, 0.25) is 0 Å². The van der Waals surface area contributed by atoms with Crippen LogP contribution in [0.2, 0.25) is 0 Å². The van der Waals surface area contributed by atoms with Gasteiger partial charge in [-0.25, -0.2) is 13.2 Å². The molecule has 0 aromatic heterocycles. The molecule has 0 aliphatic carbocycles. The molecule has 1 nitrogen and oxygen atoms in total. The molecule has 3 aromatic rings. The first-order valence-electron chi connectivity index (χ1n) is 9.24. The van der Waals surface area contributed by atoms with Gasteiger partial charge < -0.3 is 0 Å². The summed E-state index contributed by atoms with van der Waals surface area (Å²) in [6.45, 7) is 1.94. The maximum absolute atomic E-state index is 15.0. The number of hydrogen-bond donors (Lipinski definition) is 0. The Morgan fingerprint density at radius 1 is 0.800 bits per heavy atom. The predicted octanol–water partition coefficient (Wildman–Crippen LogP) is 7.28. The second-order valence-electron chi connectivity index (χ2n) is 6.89. The van der Waals surface area contributed by atoms with E-state index in [0.29, 0.717) is 23.8 Å². The highest BCUT2D eigenvalue weighted by molar-refractivity contribution is 5.72. The molecule has 0 amide bonds. The molecule has 3 rings (SSSR count). The van der Waals surface area contributed by atoms with Crippen LogP contribution >= 0.6 is 0 Å². The second-order valence-corrected chi connectivity index (χ2v) is 6.89. The molecule has 30 heavy (non-hydrogen) atoms. The summed E-state index contributed by atoms with van der Waals surface area (Å²) in [5.41, 5.74) is -0.608. The average Bonchev–Trinajstić information content (AvgIpc) is 2.67. The highest BCUT2D eigenvalue weighted by atomic mass is 19.4. The van der Waals surface area contributed by atoms with Crippen LogP contribution in [-0.4, -0.2) is 0 Å². The van der Waals surface area contributed by atoms with Crippen molar-refractivity contribution in [3.05, 3.63) is 88.2 Å². The molecule has 0 N–H and O–H groups in total. The van der Waals surface area contributed by atoms with Crippen molar-refractivity contribution < 1.29 is 31.4 Å². The fourth-order valence-electron chi connectivity index (χ4n) is 3.26. The topological polar surface area (TPSA) is 19.9 Å². The van der Waals surface area contributed by atoms with E-state index in [1.807, 2.05) is 6.92 Å². The van der Waals surface area contributed by atoms with Gasteiger partial charge >= 0.3 is 6.18 Å². The van der Waals surface area contributed by atoms with Crippen LogP contribution in [0, 0.1) is 17.5 Å². The maximum atomic E-state index is 15.0. The van der Waals surface area contributed by atoms with Crippen LogP contribution in [-0.2, 0) is 30.5 Å². The smallest absolute Gasteiger partial charge is 0.289 e. The molecule has 0 bridgehead atoms. The van der Waals surface area contributed by atoms with Gasteiger partial charge in [0.15, 0.2) is 5.75 Å². The largest absolute Gasteiger partial charge is 0.419 e. The normalized spacial score (nSPS) is 11.7. The summed E-state index contributed by atoms with van der Waals surface area (Å²) in [7, 11) is 0. The van der Waals surface area contributed by atoms with Crippen LogP contribution in [0.25, 0.3) is 11.1 Å². The molecule has 0 aliphatic heterocycles. The van der Waals surface area contributed by atoms with Crippen LogP contribution in [0.1, 0.15) is 29.2 Å². The summed E-state index contributed by atoms with van der Waals surface area (Å²) in [6.07, 6.45) is -4.42. The van der Waals surface area contributed by atoms with E-state index in [0.717, 1.165) is 18.1 Å². The molecule has 0 unspecified atom stereocenters. The van der Waals surface area contributed by atoms with E-state index >= 15 is 4.39 Å². The first kappa shape index (κ1) is 21.7. The zero-order valence-electron chi connectivity index (χ0n) is 15.9. The zero-order valence-corrected chi connectivity index (χ0v) is 15.9. The van der Waals surface area contributed by atoms with Crippen molar-refractivity contribution in [1.29, 1.82) is 0 Å². The third-order valence-corrected chi connectivity index (χ3v) is 4.93. The first-order chi connectivity index (χ1) is 14.1. The molecule has 0 saturated carbocycles. The molecular weight excluding hydrogens is 406 g/mol.